The van der Waals surface area contributed by atoms with Gasteiger partial charge in [0.2, 0.25) is 0 Å². The van der Waals surface area contributed by atoms with Crippen LogP contribution in [0.5, 0.6) is 11.5 Å². The van der Waals surface area contributed by atoms with Crippen LogP contribution < -0.4 is 35.3 Å². The van der Waals surface area contributed by atoms with E-state index in [0.717, 1.165) is 55.6 Å². The van der Waals surface area contributed by atoms with Crippen LogP contribution in [0.2, 0.25) is 0 Å². The van der Waals surface area contributed by atoms with Gasteiger partial charge in [0.25, 0.3) is 0 Å². The van der Waals surface area contributed by atoms with E-state index in [2.05, 4.69) is 284 Å². The van der Waals surface area contributed by atoms with Gasteiger partial charge in [0, 0.05) is 61.3 Å². The van der Waals surface area contributed by atoms with E-state index in [1.54, 1.807) is 0 Å². The number of pyridine rings is 1. The average Bonchev–Trinajstić information content (AvgIpc) is 3.93. The topological polar surface area (TPSA) is 33.5 Å². The molecule has 3 heterocycles. The van der Waals surface area contributed by atoms with Crippen molar-refractivity contribution in [1.29, 1.82) is 0 Å². The molecule has 8 aromatic carbocycles. The first kappa shape index (κ1) is 49.6. The van der Waals surface area contributed by atoms with Gasteiger partial charge in [-0.05, 0) is 80.8 Å². The molecule has 0 spiro atoms. The van der Waals surface area contributed by atoms with Crippen LogP contribution in [-0.2, 0) is 37.3 Å². The number of rotatable bonds is 9. The van der Waals surface area contributed by atoms with Gasteiger partial charge in [0.1, 0.15) is 13.9 Å². The molecule has 0 saturated carbocycles. The first-order valence-corrected chi connectivity index (χ1v) is 27.1. The van der Waals surface area contributed by atoms with E-state index in [0.29, 0.717) is 11.5 Å². The van der Waals surface area contributed by atoms with Crippen molar-refractivity contribution in [1.82, 2.24) is 9.55 Å². The Hall–Kier alpha value is -6.98. The molecule has 368 valence electrons. The summed E-state index contributed by atoms with van der Waals surface area (Å²) < 4.78 is 9.76. The molecule has 10 aromatic rings. The quantitative estimate of drug-likeness (QED) is 0.0819. The van der Waals surface area contributed by atoms with E-state index in [1.807, 2.05) is 12.3 Å². The van der Waals surface area contributed by atoms with Crippen molar-refractivity contribution in [3.05, 3.63) is 236 Å². The van der Waals surface area contributed by atoms with E-state index >= 15 is 0 Å². The van der Waals surface area contributed by atoms with Gasteiger partial charge in [-0.2, -0.15) is 12.1 Å². The third-order valence-corrected chi connectivity index (χ3v) is 19.1. The predicted octanol–water partition coefficient (Wildman–Crippen LogP) is 14.2. The summed E-state index contributed by atoms with van der Waals surface area (Å²) in [6, 6.07) is 78.2. The van der Waals surface area contributed by atoms with Crippen LogP contribution in [0, 0.1) is 18.8 Å². The molecule has 0 aliphatic carbocycles. The number of hydrogen-bond donors (Lipinski definition) is 0. The van der Waals surface area contributed by atoms with Crippen molar-refractivity contribution in [3.63, 3.8) is 0 Å². The number of anilines is 4. The van der Waals surface area contributed by atoms with Crippen molar-refractivity contribution in [2.24, 2.45) is 0 Å². The zero-order chi connectivity index (χ0) is 50.0. The summed E-state index contributed by atoms with van der Waals surface area (Å²) in [7, 11) is -3.19. The number of aromatic nitrogens is 2. The maximum Gasteiger partial charge on any atom is 0.135 e. The molecule has 7 heteroatoms. The van der Waals surface area contributed by atoms with Crippen molar-refractivity contribution < 1.29 is 25.8 Å². The molecule has 11 rings (SSSR count). The van der Waals surface area contributed by atoms with Crippen molar-refractivity contribution in [2.45, 2.75) is 78.6 Å². The SMILES string of the molecule is CC(C)(C)c1cc(N2[CH-]N(c3[c-]c(Oc4[c-]c5c(cc4[Si](c4ccccc4)(c4ccccc4)c4ccccc4)c4ccccc4n5-c4cc(C(C)(C)C)ccn4)ccc3)c3ccccc32)cc(C(C)(C)C)c1.[Pt]. The molecule has 0 amide bonds. The van der Waals surface area contributed by atoms with Crippen LogP contribution in [0.25, 0.3) is 27.6 Å². The first-order valence-electron chi connectivity index (χ1n) is 25.1. The van der Waals surface area contributed by atoms with Crippen LogP contribution >= 0.6 is 0 Å². The Kier molecular flexibility index (Phi) is 13.0. The average molecular weight is 1150 g/mol. The maximum absolute atomic E-state index is 7.49. The van der Waals surface area contributed by atoms with Crippen LogP contribution in [-0.4, -0.2) is 17.6 Å². The maximum atomic E-state index is 7.49. The minimum atomic E-state index is -3.19. The summed E-state index contributed by atoms with van der Waals surface area (Å²) in [5.41, 5.74) is 9.78. The molecular weight excluding hydrogens is 1090 g/mol. The van der Waals surface area contributed by atoms with Gasteiger partial charge in [-0.1, -0.05) is 211 Å². The fraction of sp³-hybridized carbons (Fsp3) is 0.182. The molecule has 2 aromatic heterocycles. The summed E-state index contributed by atoms with van der Waals surface area (Å²) in [6.07, 6.45) is 1.93. The molecule has 73 heavy (non-hydrogen) atoms. The predicted molar refractivity (Wildman–Crippen MR) is 304 cm³/mol. The molecule has 0 atom stereocenters. The Bertz CT molecular complexity index is 3480. The molecule has 0 fully saturated rings. The van der Waals surface area contributed by atoms with Gasteiger partial charge in [-0.15, -0.1) is 47.2 Å². The summed E-state index contributed by atoms with van der Waals surface area (Å²) in [5, 5.41) is 7.04. The number of benzene rings is 8. The van der Waals surface area contributed by atoms with E-state index < -0.39 is 8.07 Å². The second kappa shape index (κ2) is 19.1. The Morgan fingerprint density at radius 1 is 0.493 bits per heavy atom. The van der Waals surface area contributed by atoms with Gasteiger partial charge in [0.05, 0.1) is 0 Å². The monoisotopic (exact) mass is 1150 g/mol. The van der Waals surface area contributed by atoms with Crippen molar-refractivity contribution in [3.8, 4) is 17.3 Å². The summed E-state index contributed by atoms with van der Waals surface area (Å²) in [4.78, 5) is 9.61. The van der Waals surface area contributed by atoms with E-state index in [4.69, 9.17) is 9.72 Å². The van der Waals surface area contributed by atoms with Crippen LogP contribution in [0.3, 0.4) is 0 Å². The minimum absolute atomic E-state index is 0. The molecule has 5 nitrogen and oxygen atoms in total. The number of fused-ring (bicyclic) bond motifs is 4. The standard InChI is InChI=1S/C66H61N4OSi.Pt/c1-64(2,3)46-36-37-67-63(41-46)70-57-33-20-19-32-55(57)56-43-62(72(52-26-13-10-14-27-52,53-28-15-11-16-29-53)54-30-17-12-18-31-54)61(44-60(56)70)71-51-25-23-24-49(42-51)68-45-69(59-35-22-21-34-58(59)68)50-39-47(65(4,5)6)38-48(40-50)66(7,8)9;/h10-41,43,45H,1-9H3;/q-3;. The third-order valence-electron chi connectivity index (χ3n) is 14.3. The van der Waals surface area contributed by atoms with Gasteiger partial charge < -0.3 is 19.1 Å². The van der Waals surface area contributed by atoms with Crippen molar-refractivity contribution >= 4 is 73.4 Å². The smallest absolute Gasteiger partial charge is 0.135 e. The van der Waals surface area contributed by atoms with Crippen LogP contribution in [0.4, 0.5) is 22.7 Å². The number of hydrogen-bond acceptors (Lipinski definition) is 4. The van der Waals surface area contributed by atoms with Gasteiger partial charge in [-0.3, -0.25) is 0 Å². The number of nitrogens with zero attached hydrogens (tertiary/aromatic N) is 4. The van der Waals surface area contributed by atoms with E-state index in [9.17, 15) is 0 Å². The first-order chi connectivity index (χ1) is 34.6. The molecule has 1 aliphatic rings. The van der Waals surface area contributed by atoms with Crippen LogP contribution in [0.15, 0.2) is 200 Å². The zero-order valence-corrected chi connectivity index (χ0v) is 46.4. The molecule has 0 bridgehead atoms. The molecule has 0 unspecified atom stereocenters. The van der Waals surface area contributed by atoms with Crippen LogP contribution in [0.1, 0.15) is 79.0 Å². The zero-order valence-electron chi connectivity index (χ0n) is 43.1. The second-order valence-electron chi connectivity index (χ2n) is 22.2. The molecule has 0 N–H and O–H groups in total. The Morgan fingerprint density at radius 2 is 1.03 bits per heavy atom. The fourth-order valence-electron chi connectivity index (χ4n) is 10.4. The Labute approximate surface area is 447 Å². The number of para-hydroxylation sites is 3. The normalized spacial score (nSPS) is 13.1. The molecule has 0 radical (unpaired) electrons. The van der Waals surface area contributed by atoms with Gasteiger partial charge in [-0.25, -0.2) is 4.98 Å². The minimum Gasteiger partial charge on any atom is -0.509 e. The van der Waals surface area contributed by atoms with E-state index in [1.165, 1.54) is 32.3 Å². The summed E-state index contributed by atoms with van der Waals surface area (Å²) >= 11 is 0. The number of ether oxygens (including phenoxy) is 1. The fourth-order valence-corrected chi connectivity index (χ4v) is 15.3. The molecule has 0 saturated heterocycles. The second-order valence-corrected chi connectivity index (χ2v) is 26.0. The summed E-state index contributed by atoms with van der Waals surface area (Å²) in [6.45, 7) is 22.7. The molecular formula is C66H61N4OPtSi-3. The Morgan fingerprint density at radius 3 is 1.60 bits per heavy atom. The molecule has 1 aliphatic heterocycles. The van der Waals surface area contributed by atoms with Crippen molar-refractivity contribution in [2.75, 3.05) is 9.80 Å². The van der Waals surface area contributed by atoms with Gasteiger partial charge in [0.15, 0.2) is 0 Å². The van der Waals surface area contributed by atoms with E-state index in [-0.39, 0.29) is 37.3 Å². The largest absolute Gasteiger partial charge is 0.509 e. The summed E-state index contributed by atoms with van der Waals surface area (Å²) in [5.74, 6) is 2.08. The van der Waals surface area contributed by atoms with Gasteiger partial charge >= 0.3 is 0 Å². The third kappa shape index (κ3) is 9.04. The Balaban J connectivity index is 0.00000611.